The third-order valence-corrected chi connectivity index (χ3v) is 9.90. The maximum absolute atomic E-state index is 13.7. The average molecular weight is 717 g/mol. The molecule has 3 amide bonds. The van der Waals surface area contributed by atoms with Crippen molar-refractivity contribution in [1.29, 1.82) is 0 Å². The Morgan fingerprint density at radius 3 is 2.51 bits per heavy atom. The first-order valence-electron chi connectivity index (χ1n) is 17.9. The number of likely N-dealkylation sites (N-methyl/N-ethyl adjacent to an activating group) is 1. The molecule has 1 aliphatic heterocycles. The van der Waals surface area contributed by atoms with E-state index in [4.69, 9.17) is 10.5 Å². The van der Waals surface area contributed by atoms with Gasteiger partial charge >= 0.3 is 0 Å². The standard InChI is InChI=1S/C42H48N6O5/c1-27-22-48(28(2)26-49)41(51)21-31-19-33(44-40(50)20-32-24-47(4)37-12-8-5-9-34(32)37)17-18-38(31)53-39(27)25-46(3)23-29-13-15-30(16-14-29)42(52)45-36-11-7-6-10-35(36)43/h5-19,24,27-28,39,49H,20-23,25-26,43H2,1-4H3,(H,44,50)(H,45,52)/t27-,28-,39+/m1/s1. The number of aromatic nitrogens is 1. The molecule has 5 N–H and O–H groups in total. The van der Waals surface area contributed by atoms with E-state index >= 15 is 0 Å². The number of nitrogen functional groups attached to an aromatic ring is 1. The predicted octanol–water partition coefficient (Wildman–Crippen LogP) is 5.48. The maximum atomic E-state index is 13.7. The normalized spacial score (nSPS) is 16.6. The van der Waals surface area contributed by atoms with E-state index in [-0.39, 0.29) is 55.2 Å². The zero-order valence-corrected chi connectivity index (χ0v) is 30.7. The fourth-order valence-electron chi connectivity index (χ4n) is 6.92. The monoisotopic (exact) mass is 716 g/mol. The van der Waals surface area contributed by atoms with Crippen molar-refractivity contribution in [3.63, 3.8) is 0 Å². The molecular weight excluding hydrogens is 668 g/mol. The van der Waals surface area contributed by atoms with Crippen LogP contribution in [0, 0.1) is 5.92 Å². The van der Waals surface area contributed by atoms with E-state index in [0.717, 1.165) is 22.0 Å². The summed E-state index contributed by atoms with van der Waals surface area (Å²) in [5.41, 5.74) is 11.9. The third kappa shape index (κ3) is 8.88. The Morgan fingerprint density at radius 1 is 1.02 bits per heavy atom. The molecule has 1 aliphatic rings. The van der Waals surface area contributed by atoms with Crippen LogP contribution in [0.2, 0.25) is 0 Å². The summed E-state index contributed by atoms with van der Waals surface area (Å²) >= 11 is 0. The molecule has 0 bridgehead atoms. The second-order valence-corrected chi connectivity index (χ2v) is 14.2. The number of ether oxygens (including phenoxy) is 1. The van der Waals surface area contributed by atoms with E-state index in [9.17, 15) is 19.5 Å². The number of aliphatic hydroxyl groups excluding tert-OH is 1. The minimum atomic E-state index is -0.373. The Balaban J connectivity index is 1.16. The highest BCUT2D eigenvalue weighted by molar-refractivity contribution is 6.05. The molecule has 6 rings (SSSR count). The summed E-state index contributed by atoms with van der Waals surface area (Å²) in [5.74, 6) is 0.00454. The first-order valence-corrected chi connectivity index (χ1v) is 17.9. The van der Waals surface area contributed by atoms with Crippen LogP contribution in [-0.4, -0.2) is 76.1 Å². The van der Waals surface area contributed by atoms with E-state index in [1.807, 2.05) is 98.5 Å². The van der Waals surface area contributed by atoms with Gasteiger partial charge in [0.2, 0.25) is 11.8 Å². The zero-order valence-electron chi connectivity index (χ0n) is 30.7. The number of nitrogens with two attached hydrogens (primary N) is 1. The van der Waals surface area contributed by atoms with E-state index in [1.165, 1.54) is 0 Å². The summed E-state index contributed by atoms with van der Waals surface area (Å²) in [5, 5.41) is 17.0. The van der Waals surface area contributed by atoms with Crippen molar-refractivity contribution in [2.75, 3.05) is 43.1 Å². The summed E-state index contributed by atoms with van der Waals surface area (Å²) in [6, 6.07) is 27.7. The number of amides is 3. The van der Waals surface area contributed by atoms with E-state index in [0.29, 0.717) is 53.6 Å². The summed E-state index contributed by atoms with van der Waals surface area (Å²) in [6.45, 7) is 5.31. The highest BCUT2D eigenvalue weighted by atomic mass is 16.5. The molecule has 0 saturated heterocycles. The Labute approximate surface area is 310 Å². The zero-order chi connectivity index (χ0) is 37.6. The molecule has 2 heterocycles. The summed E-state index contributed by atoms with van der Waals surface area (Å²) in [4.78, 5) is 43.7. The molecule has 5 aromatic rings. The van der Waals surface area contributed by atoms with Crippen LogP contribution in [-0.2, 0) is 36.0 Å². The fourth-order valence-corrected chi connectivity index (χ4v) is 6.92. The molecule has 1 aromatic heterocycles. The first-order chi connectivity index (χ1) is 25.5. The minimum absolute atomic E-state index is 0.0682. The third-order valence-electron chi connectivity index (χ3n) is 9.90. The minimum Gasteiger partial charge on any atom is -0.488 e. The number of anilines is 3. The van der Waals surface area contributed by atoms with E-state index in [2.05, 4.69) is 22.5 Å². The number of hydrogen-bond donors (Lipinski definition) is 4. The van der Waals surface area contributed by atoms with Crippen molar-refractivity contribution < 1.29 is 24.2 Å². The van der Waals surface area contributed by atoms with Gasteiger partial charge in [-0.3, -0.25) is 19.3 Å². The fraction of sp³-hybridized carbons (Fsp3) is 0.310. The van der Waals surface area contributed by atoms with Gasteiger partial charge in [0.05, 0.1) is 36.9 Å². The molecule has 0 unspecified atom stereocenters. The van der Waals surface area contributed by atoms with Gasteiger partial charge in [0.1, 0.15) is 11.9 Å². The van der Waals surface area contributed by atoms with Crippen molar-refractivity contribution in [2.45, 2.75) is 45.4 Å². The van der Waals surface area contributed by atoms with Gasteiger partial charge in [-0.25, -0.2) is 0 Å². The second-order valence-electron chi connectivity index (χ2n) is 14.2. The topological polar surface area (TPSA) is 142 Å². The summed E-state index contributed by atoms with van der Waals surface area (Å²) < 4.78 is 8.73. The van der Waals surface area contributed by atoms with Gasteiger partial charge in [0, 0.05) is 66.5 Å². The molecule has 11 heteroatoms. The number of aryl methyl sites for hydroxylation is 1. The van der Waals surface area contributed by atoms with Gasteiger partial charge in [-0.05, 0) is 73.6 Å². The molecule has 53 heavy (non-hydrogen) atoms. The smallest absolute Gasteiger partial charge is 0.255 e. The van der Waals surface area contributed by atoms with Crippen LogP contribution in [0.15, 0.2) is 97.2 Å². The van der Waals surface area contributed by atoms with Crippen molar-refractivity contribution in [2.24, 2.45) is 13.0 Å². The van der Waals surface area contributed by atoms with E-state index < -0.39 is 0 Å². The molecule has 0 fully saturated rings. The molecule has 0 spiro atoms. The number of benzene rings is 4. The highest BCUT2D eigenvalue weighted by Gasteiger charge is 2.31. The second kappa shape index (κ2) is 16.4. The maximum Gasteiger partial charge on any atom is 0.255 e. The molecule has 3 atom stereocenters. The SMILES string of the molecule is C[C@@H]1CN([C@H](C)CO)C(=O)Cc2cc(NC(=O)Cc3cn(C)c4ccccc34)ccc2O[C@H]1CN(C)Cc1ccc(C(=O)Nc2ccccc2N)cc1. The molecule has 11 nitrogen and oxygen atoms in total. The molecule has 0 saturated carbocycles. The number of rotatable bonds is 11. The van der Waals surface area contributed by atoms with Gasteiger partial charge in [0.15, 0.2) is 0 Å². The number of carbonyl (C=O) groups is 3. The van der Waals surface area contributed by atoms with Crippen molar-refractivity contribution in [3.8, 4) is 5.75 Å². The number of para-hydroxylation sites is 3. The van der Waals surface area contributed by atoms with Gasteiger partial charge < -0.3 is 35.7 Å². The van der Waals surface area contributed by atoms with Crippen LogP contribution >= 0.6 is 0 Å². The van der Waals surface area contributed by atoms with Crippen molar-refractivity contribution >= 4 is 45.7 Å². The van der Waals surface area contributed by atoms with Gasteiger partial charge in [0.25, 0.3) is 5.91 Å². The average Bonchev–Trinajstić information content (AvgIpc) is 3.47. The number of aliphatic hydroxyl groups is 1. The molecule has 0 radical (unpaired) electrons. The van der Waals surface area contributed by atoms with Crippen LogP contribution in [0.3, 0.4) is 0 Å². The van der Waals surface area contributed by atoms with Crippen LogP contribution in [0.25, 0.3) is 10.9 Å². The number of nitrogens with zero attached hydrogens (tertiary/aromatic N) is 3. The Kier molecular flexibility index (Phi) is 11.5. The molecule has 4 aromatic carbocycles. The van der Waals surface area contributed by atoms with Crippen LogP contribution in [0.4, 0.5) is 17.1 Å². The van der Waals surface area contributed by atoms with Gasteiger partial charge in [-0.15, -0.1) is 0 Å². The van der Waals surface area contributed by atoms with Crippen LogP contribution in [0.5, 0.6) is 5.75 Å². The van der Waals surface area contributed by atoms with Crippen LogP contribution < -0.4 is 21.1 Å². The predicted molar refractivity (Wildman–Crippen MR) is 209 cm³/mol. The Morgan fingerprint density at radius 2 is 1.75 bits per heavy atom. The summed E-state index contributed by atoms with van der Waals surface area (Å²) in [7, 11) is 3.98. The molecular formula is C42H48N6O5. The lowest BCUT2D eigenvalue weighted by Crippen LogP contribution is -2.47. The number of carbonyl (C=O) groups excluding carboxylic acids is 3. The Bertz CT molecular complexity index is 2090. The molecule has 276 valence electrons. The van der Waals surface area contributed by atoms with Crippen molar-refractivity contribution in [3.05, 3.63) is 119 Å². The highest BCUT2D eigenvalue weighted by Crippen LogP contribution is 2.30. The molecule has 0 aliphatic carbocycles. The number of hydrogen-bond acceptors (Lipinski definition) is 7. The van der Waals surface area contributed by atoms with Crippen molar-refractivity contribution in [1.82, 2.24) is 14.4 Å². The largest absolute Gasteiger partial charge is 0.488 e. The van der Waals surface area contributed by atoms with Crippen LogP contribution in [0.1, 0.15) is 40.9 Å². The van der Waals surface area contributed by atoms with E-state index in [1.54, 1.807) is 29.2 Å². The summed E-state index contributed by atoms with van der Waals surface area (Å²) in [6.07, 6.45) is 1.96. The quantitative estimate of drug-likeness (QED) is 0.133. The lowest BCUT2D eigenvalue weighted by Gasteiger charge is -2.34. The van der Waals surface area contributed by atoms with Gasteiger partial charge in [-0.2, -0.15) is 0 Å². The number of fused-ring (bicyclic) bond motifs is 2. The lowest BCUT2D eigenvalue weighted by molar-refractivity contribution is -0.134. The number of nitrogens with one attached hydrogen (secondary N) is 2. The Hall–Kier alpha value is -5.65. The lowest BCUT2D eigenvalue weighted by atomic mass is 10.0. The first kappa shape index (κ1) is 37.1. The van der Waals surface area contributed by atoms with Gasteiger partial charge in [-0.1, -0.05) is 49.4 Å².